The van der Waals surface area contributed by atoms with E-state index < -0.39 is 9.84 Å². The van der Waals surface area contributed by atoms with E-state index in [1.54, 1.807) is 6.20 Å². The minimum Gasteiger partial charge on any atom is -0.355 e. The number of fused-ring (bicyclic) bond motifs is 1. The van der Waals surface area contributed by atoms with E-state index in [-0.39, 0.29) is 23.5 Å². The van der Waals surface area contributed by atoms with Crippen LogP contribution in [0.3, 0.4) is 0 Å². The summed E-state index contributed by atoms with van der Waals surface area (Å²) in [5.41, 5.74) is 2.95. The Hall–Kier alpha value is -1.94. The number of aromatic amines is 1. The number of nitrogens with two attached hydrogens (primary N) is 1. The predicted octanol–water partition coefficient (Wildman–Crippen LogP) is -0.738. The first-order valence-electron chi connectivity index (χ1n) is 6.11. The molecule has 9 nitrogen and oxygen atoms in total. The van der Waals surface area contributed by atoms with Gasteiger partial charge >= 0.3 is 0 Å². The Balaban J connectivity index is 2.02. The Morgan fingerprint density at radius 3 is 2.95 bits per heavy atom. The molecule has 1 aliphatic heterocycles. The first kappa shape index (κ1) is 13.1. The van der Waals surface area contributed by atoms with Crippen molar-refractivity contribution >= 4 is 32.6 Å². The third-order valence-electron chi connectivity index (χ3n) is 3.51. The fraction of sp³-hybridized carbons (Fsp3) is 0.500. The van der Waals surface area contributed by atoms with Crippen LogP contribution < -0.4 is 16.2 Å². The molecular weight excluding hydrogens is 282 g/mol. The average Bonchev–Trinajstić information content (AvgIpc) is 3.02. The number of nitrogens with zero attached hydrogens (tertiary/aromatic N) is 4. The lowest BCUT2D eigenvalue weighted by atomic mass is 10.2. The van der Waals surface area contributed by atoms with Crippen molar-refractivity contribution in [2.45, 2.75) is 12.5 Å². The number of sulfone groups is 1. The van der Waals surface area contributed by atoms with Crippen LogP contribution in [0, 0.1) is 0 Å². The molecule has 1 atom stereocenters. The molecule has 2 aromatic rings. The normalized spacial score (nSPS) is 21.2. The molecule has 0 bridgehead atoms. The molecule has 4 N–H and O–H groups in total. The summed E-state index contributed by atoms with van der Waals surface area (Å²) >= 11 is 0. The van der Waals surface area contributed by atoms with Gasteiger partial charge in [0.2, 0.25) is 5.95 Å². The molecule has 20 heavy (non-hydrogen) atoms. The smallest absolute Gasteiger partial charge is 0.241 e. The summed E-state index contributed by atoms with van der Waals surface area (Å²) in [5.74, 6) is 6.56. The average molecular weight is 297 g/mol. The molecule has 0 radical (unpaired) electrons. The van der Waals surface area contributed by atoms with Gasteiger partial charge in [0.15, 0.2) is 15.5 Å². The minimum absolute atomic E-state index is 0.0985. The number of hydrogen-bond acceptors (Lipinski definition) is 8. The molecule has 0 spiro atoms. The number of aromatic nitrogens is 4. The molecule has 3 heterocycles. The van der Waals surface area contributed by atoms with Crippen molar-refractivity contribution in [3.05, 3.63) is 6.20 Å². The third kappa shape index (κ3) is 2.16. The molecule has 0 amide bonds. The molecule has 0 saturated carbocycles. The van der Waals surface area contributed by atoms with Crippen LogP contribution >= 0.6 is 0 Å². The van der Waals surface area contributed by atoms with E-state index in [1.165, 1.54) is 0 Å². The topological polar surface area (TPSA) is 130 Å². The van der Waals surface area contributed by atoms with Gasteiger partial charge in [0.05, 0.1) is 23.1 Å². The molecule has 2 aromatic heterocycles. The lowest BCUT2D eigenvalue weighted by molar-refractivity contribution is 0.600. The van der Waals surface area contributed by atoms with Crippen LogP contribution in [0.2, 0.25) is 0 Å². The van der Waals surface area contributed by atoms with Crippen molar-refractivity contribution in [2.24, 2.45) is 5.84 Å². The van der Waals surface area contributed by atoms with Crippen LogP contribution in [0.1, 0.15) is 6.42 Å². The predicted molar refractivity (Wildman–Crippen MR) is 75.0 cm³/mol. The van der Waals surface area contributed by atoms with Gasteiger partial charge in [-0.1, -0.05) is 0 Å². The fourth-order valence-corrected chi connectivity index (χ4v) is 4.18. The van der Waals surface area contributed by atoms with E-state index >= 15 is 0 Å². The number of hydrogen-bond donors (Lipinski definition) is 3. The minimum atomic E-state index is -2.95. The van der Waals surface area contributed by atoms with Crippen LogP contribution in [0.15, 0.2) is 6.20 Å². The van der Waals surface area contributed by atoms with Gasteiger partial charge in [-0.15, -0.1) is 0 Å². The lowest BCUT2D eigenvalue weighted by Gasteiger charge is -2.25. The molecule has 1 unspecified atom stereocenters. The molecule has 1 aliphatic rings. The van der Waals surface area contributed by atoms with E-state index in [1.807, 2.05) is 11.9 Å². The monoisotopic (exact) mass is 297 g/mol. The zero-order valence-electron chi connectivity index (χ0n) is 10.9. The molecular formula is C10H15N7O2S. The first-order valence-corrected chi connectivity index (χ1v) is 7.93. The van der Waals surface area contributed by atoms with Gasteiger partial charge in [0.25, 0.3) is 0 Å². The zero-order chi connectivity index (χ0) is 14.3. The third-order valence-corrected chi connectivity index (χ3v) is 5.26. The van der Waals surface area contributed by atoms with Gasteiger partial charge in [-0.2, -0.15) is 15.1 Å². The maximum atomic E-state index is 11.6. The summed E-state index contributed by atoms with van der Waals surface area (Å²) < 4.78 is 23.2. The quantitative estimate of drug-likeness (QED) is 0.499. The second kappa shape index (κ2) is 4.56. The van der Waals surface area contributed by atoms with Crippen molar-refractivity contribution in [3.63, 3.8) is 0 Å². The highest BCUT2D eigenvalue weighted by Crippen LogP contribution is 2.27. The maximum absolute atomic E-state index is 11.6. The van der Waals surface area contributed by atoms with Crippen molar-refractivity contribution in [2.75, 3.05) is 28.9 Å². The van der Waals surface area contributed by atoms with Crippen LogP contribution in [0.25, 0.3) is 11.0 Å². The summed E-state index contributed by atoms with van der Waals surface area (Å²) in [6.07, 6.45) is 2.21. The highest BCUT2D eigenvalue weighted by atomic mass is 32.2. The highest BCUT2D eigenvalue weighted by molar-refractivity contribution is 7.91. The maximum Gasteiger partial charge on any atom is 0.241 e. The van der Waals surface area contributed by atoms with E-state index in [9.17, 15) is 8.42 Å². The summed E-state index contributed by atoms with van der Waals surface area (Å²) in [6, 6.07) is -0.0985. The van der Waals surface area contributed by atoms with Crippen molar-refractivity contribution in [3.8, 4) is 0 Å². The molecule has 0 aromatic carbocycles. The highest BCUT2D eigenvalue weighted by Gasteiger charge is 2.32. The van der Waals surface area contributed by atoms with Crippen molar-refractivity contribution in [1.29, 1.82) is 0 Å². The number of rotatable bonds is 3. The molecule has 10 heteroatoms. The fourth-order valence-electron chi connectivity index (χ4n) is 2.41. The summed E-state index contributed by atoms with van der Waals surface area (Å²) in [6.45, 7) is 0. The Bertz CT molecular complexity index is 741. The van der Waals surface area contributed by atoms with Crippen LogP contribution in [-0.2, 0) is 9.84 Å². The second-order valence-electron chi connectivity index (χ2n) is 4.82. The van der Waals surface area contributed by atoms with Crippen LogP contribution in [0.5, 0.6) is 0 Å². The number of H-pyrrole nitrogens is 1. The Labute approximate surface area is 115 Å². The summed E-state index contributed by atoms with van der Waals surface area (Å²) in [4.78, 5) is 10.3. The molecule has 108 valence electrons. The molecule has 0 aliphatic carbocycles. The lowest BCUT2D eigenvalue weighted by Crippen LogP contribution is -2.33. The van der Waals surface area contributed by atoms with E-state index in [4.69, 9.17) is 5.84 Å². The van der Waals surface area contributed by atoms with Gasteiger partial charge in [-0.25, -0.2) is 14.3 Å². The molecule has 1 saturated heterocycles. The number of hydrazine groups is 1. The van der Waals surface area contributed by atoms with Crippen molar-refractivity contribution < 1.29 is 8.42 Å². The summed E-state index contributed by atoms with van der Waals surface area (Å²) in [5, 5.41) is 7.42. The largest absolute Gasteiger partial charge is 0.355 e. The van der Waals surface area contributed by atoms with E-state index in [0.717, 1.165) is 5.39 Å². The number of nitrogens with one attached hydrogen (secondary N) is 2. The number of anilines is 2. The molecule has 3 rings (SSSR count). The van der Waals surface area contributed by atoms with Crippen LogP contribution in [0.4, 0.5) is 11.8 Å². The second-order valence-corrected chi connectivity index (χ2v) is 7.04. The van der Waals surface area contributed by atoms with E-state index in [2.05, 4.69) is 25.6 Å². The Morgan fingerprint density at radius 1 is 1.50 bits per heavy atom. The van der Waals surface area contributed by atoms with Crippen molar-refractivity contribution in [1.82, 2.24) is 20.2 Å². The SMILES string of the molecule is CN(c1nc(NN)nc2[nH]ncc12)C1CCS(=O)(=O)C1. The zero-order valence-corrected chi connectivity index (χ0v) is 11.7. The van der Waals surface area contributed by atoms with Gasteiger partial charge < -0.3 is 4.90 Å². The van der Waals surface area contributed by atoms with Gasteiger partial charge in [-0.05, 0) is 6.42 Å². The Kier molecular flexibility index (Phi) is 2.98. The first-order chi connectivity index (χ1) is 9.50. The van der Waals surface area contributed by atoms with Gasteiger partial charge in [0, 0.05) is 13.1 Å². The number of nitrogen functional groups attached to an aromatic ring is 1. The summed E-state index contributed by atoms with van der Waals surface area (Å²) in [7, 11) is -1.13. The standard InChI is InChI=1S/C10H15N7O2S/c1-17(6-2-3-20(18,19)5-6)9-7-4-12-16-8(7)13-10(14-9)15-11/h4,6H,2-3,5,11H2,1H3,(H2,12,13,14,15,16). The van der Waals surface area contributed by atoms with Crippen LogP contribution in [-0.4, -0.2) is 53.2 Å². The van der Waals surface area contributed by atoms with E-state index in [0.29, 0.717) is 17.9 Å². The molecule has 1 fully saturated rings. The Morgan fingerprint density at radius 2 is 2.30 bits per heavy atom. The van der Waals surface area contributed by atoms with Gasteiger partial charge in [0.1, 0.15) is 5.82 Å². The van der Waals surface area contributed by atoms with Gasteiger partial charge in [-0.3, -0.25) is 10.5 Å².